The van der Waals surface area contributed by atoms with Crippen LogP contribution in [0.3, 0.4) is 0 Å². The SMILES string of the molecule is N#CC(C#N)CN[C@@H](CCCCN)C(=O)O. The molecule has 0 aromatic heterocycles. The fourth-order valence-electron chi connectivity index (χ4n) is 1.19. The van der Waals surface area contributed by atoms with Crippen molar-refractivity contribution in [1.82, 2.24) is 5.32 Å². The number of nitrogens with two attached hydrogens (primary N) is 1. The minimum Gasteiger partial charge on any atom is -0.480 e. The fourth-order valence-corrected chi connectivity index (χ4v) is 1.19. The summed E-state index contributed by atoms with van der Waals surface area (Å²) in [6, 6.07) is 2.84. The Bertz CT molecular complexity index is 278. The van der Waals surface area contributed by atoms with Crippen LogP contribution >= 0.6 is 0 Å². The average Bonchev–Trinajstić information content (AvgIpc) is 2.27. The Labute approximate surface area is 94.7 Å². The van der Waals surface area contributed by atoms with Gasteiger partial charge in [0.25, 0.3) is 0 Å². The lowest BCUT2D eigenvalue weighted by atomic mass is 10.1. The van der Waals surface area contributed by atoms with Crippen molar-refractivity contribution >= 4 is 5.97 Å². The number of hydrogen-bond donors (Lipinski definition) is 3. The molecule has 0 rings (SSSR count). The highest BCUT2D eigenvalue weighted by molar-refractivity contribution is 5.73. The summed E-state index contributed by atoms with van der Waals surface area (Å²) in [5, 5.41) is 28.6. The zero-order chi connectivity index (χ0) is 12.4. The van der Waals surface area contributed by atoms with Crippen molar-refractivity contribution in [3.8, 4) is 12.1 Å². The van der Waals surface area contributed by atoms with Crippen molar-refractivity contribution in [1.29, 1.82) is 10.5 Å². The average molecular weight is 224 g/mol. The highest BCUT2D eigenvalue weighted by atomic mass is 16.4. The molecule has 0 unspecified atom stereocenters. The molecular formula is C10H16N4O2. The van der Waals surface area contributed by atoms with Crippen molar-refractivity contribution in [3.05, 3.63) is 0 Å². The van der Waals surface area contributed by atoms with Crippen LogP contribution < -0.4 is 11.1 Å². The first-order chi connectivity index (χ1) is 7.65. The first-order valence-electron chi connectivity index (χ1n) is 5.11. The van der Waals surface area contributed by atoms with Crippen LogP contribution in [0.25, 0.3) is 0 Å². The minimum absolute atomic E-state index is 0.0760. The smallest absolute Gasteiger partial charge is 0.320 e. The van der Waals surface area contributed by atoms with Crippen LogP contribution in [0.1, 0.15) is 19.3 Å². The predicted molar refractivity (Wildman–Crippen MR) is 57.0 cm³/mol. The second kappa shape index (κ2) is 8.66. The molecule has 0 aliphatic heterocycles. The maximum absolute atomic E-state index is 10.8. The third-order valence-corrected chi connectivity index (χ3v) is 2.13. The lowest BCUT2D eigenvalue weighted by Crippen LogP contribution is -2.39. The van der Waals surface area contributed by atoms with Crippen LogP contribution in [0, 0.1) is 28.6 Å². The second-order valence-corrected chi connectivity index (χ2v) is 3.39. The fraction of sp³-hybridized carbons (Fsp3) is 0.700. The van der Waals surface area contributed by atoms with Gasteiger partial charge in [0, 0.05) is 6.54 Å². The summed E-state index contributed by atoms with van der Waals surface area (Å²) in [5.74, 6) is -1.77. The Hall–Kier alpha value is -1.63. The molecule has 0 aliphatic rings. The van der Waals surface area contributed by atoms with Gasteiger partial charge in [-0.15, -0.1) is 0 Å². The molecular weight excluding hydrogens is 208 g/mol. The Balaban J connectivity index is 4.00. The van der Waals surface area contributed by atoms with Crippen LogP contribution in [0.5, 0.6) is 0 Å². The van der Waals surface area contributed by atoms with E-state index in [1.807, 2.05) is 0 Å². The van der Waals surface area contributed by atoms with E-state index in [1.54, 1.807) is 12.1 Å². The van der Waals surface area contributed by atoms with Crippen LogP contribution in [0.2, 0.25) is 0 Å². The van der Waals surface area contributed by atoms with Crippen LogP contribution in [-0.2, 0) is 4.79 Å². The first kappa shape index (κ1) is 14.4. The molecule has 0 aromatic carbocycles. The van der Waals surface area contributed by atoms with Gasteiger partial charge in [-0.2, -0.15) is 10.5 Å². The van der Waals surface area contributed by atoms with Gasteiger partial charge in [-0.3, -0.25) is 4.79 Å². The Kier molecular flexibility index (Phi) is 7.78. The standard InChI is InChI=1S/C10H16N4O2/c11-4-2-1-3-9(10(15)16)14-7-8(5-12)6-13/h8-9,14H,1-4,7,11H2,(H,15,16)/t9-/m0/s1. The molecule has 0 radical (unpaired) electrons. The Morgan fingerprint density at radius 2 is 2.00 bits per heavy atom. The quantitative estimate of drug-likeness (QED) is 0.491. The summed E-state index contributed by atoms with van der Waals surface area (Å²) in [7, 11) is 0. The number of aliphatic carboxylic acids is 1. The number of nitrogens with zero attached hydrogens (tertiary/aromatic N) is 2. The zero-order valence-corrected chi connectivity index (χ0v) is 9.02. The van der Waals surface area contributed by atoms with Gasteiger partial charge in [0.2, 0.25) is 0 Å². The molecule has 0 spiro atoms. The number of carboxylic acid groups (broad SMARTS) is 1. The van der Waals surface area contributed by atoms with Crippen LogP contribution in [-0.4, -0.2) is 30.2 Å². The van der Waals surface area contributed by atoms with Crippen LogP contribution in [0.4, 0.5) is 0 Å². The lowest BCUT2D eigenvalue weighted by Gasteiger charge is -2.13. The number of carboxylic acids is 1. The van der Waals surface area contributed by atoms with Gasteiger partial charge in [0.05, 0.1) is 12.1 Å². The van der Waals surface area contributed by atoms with Gasteiger partial charge < -0.3 is 16.2 Å². The van der Waals surface area contributed by atoms with Crippen molar-refractivity contribution in [3.63, 3.8) is 0 Å². The summed E-state index contributed by atoms with van der Waals surface area (Å²) in [5.41, 5.74) is 5.30. The minimum atomic E-state index is -0.966. The molecule has 6 heteroatoms. The summed E-state index contributed by atoms with van der Waals surface area (Å²) < 4.78 is 0. The monoisotopic (exact) mass is 224 g/mol. The molecule has 0 saturated heterocycles. The van der Waals surface area contributed by atoms with E-state index in [9.17, 15) is 4.79 Å². The Morgan fingerprint density at radius 3 is 2.44 bits per heavy atom. The highest BCUT2D eigenvalue weighted by Crippen LogP contribution is 2.01. The molecule has 88 valence electrons. The maximum atomic E-state index is 10.8. The largest absolute Gasteiger partial charge is 0.480 e. The molecule has 16 heavy (non-hydrogen) atoms. The zero-order valence-electron chi connectivity index (χ0n) is 9.02. The van der Waals surface area contributed by atoms with E-state index in [1.165, 1.54) is 0 Å². The third-order valence-electron chi connectivity index (χ3n) is 2.13. The van der Waals surface area contributed by atoms with Crippen LogP contribution in [0.15, 0.2) is 0 Å². The summed E-state index contributed by atoms with van der Waals surface area (Å²) >= 11 is 0. The summed E-state index contributed by atoms with van der Waals surface area (Å²) in [6.45, 7) is 0.609. The number of rotatable bonds is 8. The Morgan fingerprint density at radius 1 is 1.38 bits per heavy atom. The van der Waals surface area contributed by atoms with E-state index in [-0.39, 0.29) is 6.54 Å². The molecule has 0 bridgehead atoms. The topological polar surface area (TPSA) is 123 Å². The molecule has 0 aromatic rings. The van der Waals surface area contributed by atoms with Gasteiger partial charge >= 0.3 is 5.97 Å². The first-order valence-corrected chi connectivity index (χ1v) is 5.11. The molecule has 0 fully saturated rings. The highest BCUT2D eigenvalue weighted by Gasteiger charge is 2.17. The number of nitrogens with one attached hydrogen (secondary N) is 1. The van der Waals surface area contributed by atoms with Gasteiger partial charge in [-0.25, -0.2) is 0 Å². The number of carbonyl (C=O) groups is 1. The maximum Gasteiger partial charge on any atom is 0.320 e. The van der Waals surface area contributed by atoms with Crippen molar-refractivity contribution in [2.45, 2.75) is 25.3 Å². The van der Waals surface area contributed by atoms with Gasteiger partial charge in [-0.05, 0) is 19.4 Å². The lowest BCUT2D eigenvalue weighted by molar-refractivity contribution is -0.139. The van der Waals surface area contributed by atoms with E-state index in [0.29, 0.717) is 19.4 Å². The van der Waals surface area contributed by atoms with E-state index < -0.39 is 17.9 Å². The van der Waals surface area contributed by atoms with Gasteiger partial charge in [0.15, 0.2) is 0 Å². The van der Waals surface area contributed by atoms with E-state index in [2.05, 4.69) is 5.32 Å². The van der Waals surface area contributed by atoms with Gasteiger partial charge in [0.1, 0.15) is 12.0 Å². The number of nitriles is 2. The van der Waals surface area contributed by atoms with Crippen molar-refractivity contribution in [2.24, 2.45) is 11.7 Å². The van der Waals surface area contributed by atoms with E-state index in [0.717, 1.165) is 6.42 Å². The molecule has 0 saturated carbocycles. The summed E-state index contributed by atoms with van der Waals surface area (Å²) in [6.07, 6.45) is 1.94. The second-order valence-electron chi connectivity index (χ2n) is 3.39. The summed E-state index contributed by atoms with van der Waals surface area (Å²) in [4.78, 5) is 10.8. The van der Waals surface area contributed by atoms with Crippen molar-refractivity contribution in [2.75, 3.05) is 13.1 Å². The molecule has 0 amide bonds. The molecule has 6 nitrogen and oxygen atoms in total. The molecule has 0 aliphatic carbocycles. The number of hydrogen-bond acceptors (Lipinski definition) is 5. The van der Waals surface area contributed by atoms with Gasteiger partial charge in [-0.1, -0.05) is 6.42 Å². The number of unbranched alkanes of at least 4 members (excludes halogenated alkanes) is 1. The van der Waals surface area contributed by atoms with Crippen molar-refractivity contribution < 1.29 is 9.90 Å². The third kappa shape index (κ3) is 5.97. The molecule has 4 N–H and O–H groups in total. The van der Waals surface area contributed by atoms with E-state index >= 15 is 0 Å². The molecule has 1 atom stereocenters. The molecule has 0 heterocycles. The van der Waals surface area contributed by atoms with E-state index in [4.69, 9.17) is 21.4 Å². The predicted octanol–water partition coefficient (Wildman–Crippen LogP) is -0.178. The normalized spacial score (nSPS) is 11.8.